The van der Waals surface area contributed by atoms with Crippen molar-refractivity contribution in [3.8, 4) is 0 Å². The van der Waals surface area contributed by atoms with E-state index in [0.717, 1.165) is 31.7 Å². The van der Waals surface area contributed by atoms with Crippen LogP contribution < -0.4 is 15.8 Å². The molecule has 136 valence electrons. The van der Waals surface area contributed by atoms with Gasteiger partial charge in [-0.15, -0.1) is 12.4 Å². The predicted molar refractivity (Wildman–Crippen MR) is 91.8 cm³/mol. The van der Waals surface area contributed by atoms with Crippen molar-refractivity contribution >= 4 is 28.3 Å². The second-order valence-electron chi connectivity index (χ2n) is 5.76. The number of halogens is 2. The molecular formula is C15H23ClFN3O3S. The van der Waals surface area contributed by atoms with E-state index in [9.17, 15) is 17.6 Å². The van der Waals surface area contributed by atoms with Gasteiger partial charge in [0, 0.05) is 25.0 Å². The van der Waals surface area contributed by atoms with Crippen LogP contribution >= 0.6 is 12.4 Å². The Morgan fingerprint density at radius 3 is 2.46 bits per heavy atom. The summed E-state index contributed by atoms with van der Waals surface area (Å²) in [6.45, 7) is -0.0747. The summed E-state index contributed by atoms with van der Waals surface area (Å²) in [6.07, 6.45) is 3.45. The molecule has 1 aromatic carbocycles. The molecule has 0 unspecified atom stereocenters. The molecule has 1 amide bonds. The Kier molecular flexibility index (Phi) is 8.08. The molecule has 0 heterocycles. The van der Waals surface area contributed by atoms with E-state index in [2.05, 4.69) is 10.0 Å². The second-order valence-corrected chi connectivity index (χ2v) is 7.49. The molecule has 6 nitrogen and oxygen atoms in total. The number of hydrogen-bond acceptors (Lipinski definition) is 4. The summed E-state index contributed by atoms with van der Waals surface area (Å²) < 4.78 is 39.7. The van der Waals surface area contributed by atoms with Crippen LogP contribution in [0, 0.1) is 5.82 Å². The number of nitrogens with one attached hydrogen (secondary N) is 2. The minimum Gasteiger partial charge on any atom is -0.353 e. The van der Waals surface area contributed by atoms with Gasteiger partial charge in [-0.25, -0.2) is 17.5 Å². The predicted octanol–water partition coefficient (Wildman–Crippen LogP) is 1.30. The van der Waals surface area contributed by atoms with Gasteiger partial charge < -0.3 is 11.1 Å². The lowest BCUT2D eigenvalue weighted by molar-refractivity contribution is -0.121. The van der Waals surface area contributed by atoms with Gasteiger partial charge >= 0.3 is 0 Å². The Hall–Kier alpha value is -1.22. The zero-order valence-corrected chi connectivity index (χ0v) is 14.8. The molecular weight excluding hydrogens is 357 g/mol. The fraction of sp³-hybridized carbons (Fsp3) is 0.533. The van der Waals surface area contributed by atoms with E-state index >= 15 is 0 Å². The van der Waals surface area contributed by atoms with Gasteiger partial charge in [0.05, 0.1) is 0 Å². The normalized spacial score (nSPS) is 20.9. The third-order valence-corrected chi connectivity index (χ3v) is 5.40. The van der Waals surface area contributed by atoms with E-state index in [1.54, 1.807) is 0 Å². The quantitative estimate of drug-likeness (QED) is 0.693. The van der Waals surface area contributed by atoms with Crippen LogP contribution in [-0.2, 0) is 14.8 Å². The van der Waals surface area contributed by atoms with Crippen LogP contribution in [0.1, 0.15) is 32.1 Å². The van der Waals surface area contributed by atoms with Gasteiger partial charge in [0.1, 0.15) is 10.7 Å². The van der Waals surface area contributed by atoms with Crippen molar-refractivity contribution in [2.75, 3.05) is 6.54 Å². The summed E-state index contributed by atoms with van der Waals surface area (Å²) in [6, 6.07) is 5.43. The van der Waals surface area contributed by atoms with E-state index in [1.165, 1.54) is 18.2 Å². The summed E-state index contributed by atoms with van der Waals surface area (Å²) in [7, 11) is -3.95. The molecule has 1 aliphatic rings. The fourth-order valence-electron chi connectivity index (χ4n) is 2.60. The number of sulfonamides is 1. The Labute approximate surface area is 147 Å². The second kappa shape index (κ2) is 9.31. The van der Waals surface area contributed by atoms with Crippen molar-refractivity contribution in [1.82, 2.24) is 10.0 Å². The molecule has 1 aromatic rings. The van der Waals surface area contributed by atoms with Gasteiger partial charge in [0.25, 0.3) is 0 Å². The first kappa shape index (κ1) is 20.8. The molecule has 9 heteroatoms. The molecule has 0 bridgehead atoms. The molecule has 0 atom stereocenters. The summed E-state index contributed by atoms with van der Waals surface area (Å²) in [4.78, 5) is 11.4. The lowest BCUT2D eigenvalue weighted by Crippen LogP contribution is -2.41. The van der Waals surface area contributed by atoms with Crippen molar-refractivity contribution in [2.24, 2.45) is 5.73 Å². The highest BCUT2D eigenvalue weighted by atomic mass is 35.5. The molecule has 2 rings (SSSR count). The van der Waals surface area contributed by atoms with Crippen LogP contribution in [0.4, 0.5) is 4.39 Å². The Bertz CT molecular complexity index is 649. The van der Waals surface area contributed by atoms with E-state index < -0.39 is 20.7 Å². The molecule has 4 N–H and O–H groups in total. The fourth-order valence-corrected chi connectivity index (χ4v) is 3.71. The monoisotopic (exact) mass is 379 g/mol. The number of carbonyl (C=O) groups excluding carboxylic acids is 1. The zero-order chi connectivity index (χ0) is 16.9. The number of carbonyl (C=O) groups is 1. The summed E-state index contributed by atoms with van der Waals surface area (Å²) in [5, 5.41) is 2.87. The summed E-state index contributed by atoms with van der Waals surface area (Å²) in [5.74, 6) is -1.04. The van der Waals surface area contributed by atoms with Crippen LogP contribution in [-0.4, -0.2) is 33.0 Å². The molecule has 0 aliphatic heterocycles. The first-order chi connectivity index (χ1) is 10.9. The summed E-state index contributed by atoms with van der Waals surface area (Å²) >= 11 is 0. The minimum atomic E-state index is -3.95. The molecule has 0 spiro atoms. The van der Waals surface area contributed by atoms with Crippen LogP contribution in [0.25, 0.3) is 0 Å². The zero-order valence-electron chi connectivity index (χ0n) is 13.2. The van der Waals surface area contributed by atoms with Gasteiger partial charge in [0.15, 0.2) is 0 Å². The Balaban J connectivity index is 0.00000288. The SMILES string of the molecule is Cl.NC1CCC(NC(=O)CCNS(=O)(=O)c2ccccc2F)CC1. The van der Waals surface area contributed by atoms with Gasteiger partial charge in [0.2, 0.25) is 15.9 Å². The van der Waals surface area contributed by atoms with Crippen LogP contribution in [0.5, 0.6) is 0 Å². The maximum Gasteiger partial charge on any atom is 0.243 e. The third-order valence-electron chi connectivity index (χ3n) is 3.91. The smallest absolute Gasteiger partial charge is 0.243 e. The third kappa shape index (κ3) is 6.01. The van der Waals surface area contributed by atoms with Crippen molar-refractivity contribution in [1.29, 1.82) is 0 Å². The average molecular weight is 380 g/mol. The lowest BCUT2D eigenvalue weighted by atomic mass is 9.92. The first-order valence-corrected chi connectivity index (χ1v) is 9.16. The highest BCUT2D eigenvalue weighted by molar-refractivity contribution is 7.89. The molecule has 1 saturated carbocycles. The Morgan fingerprint density at radius 1 is 1.21 bits per heavy atom. The molecule has 0 radical (unpaired) electrons. The minimum absolute atomic E-state index is 0. The van der Waals surface area contributed by atoms with Gasteiger partial charge in [-0.2, -0.15) is 0 Å². The standard InChI is InChI=1S/C15H22FN3O3S.ClH/c16-13-3-1-2-4-14(13)23(21,22)18-10-9-15(20)19-12-7-5-11(17)6-8-12;/h1-4,11-12,18H,5-10,17H2,(H,19,20);1H. The van der Waals surface area contributed by atoms with Crippen molar-refractivity contribution in [2.45, 2.75) is 49.1 Å². The number of benzene rings is 1. The van der Waals surface area contributed by atoms with Crippen molar-refractivity contribution in [3.05, 3.63) is 30.1 Å². The average Bonchev–Trinajstić information content (AvgIpc) is 2.49. The van der Waals surface area contributed by atoms with E-state index in [4.69, 9.17) is 5.73 Å². The van der Waals surface area contributed by atoms with Crippen molar-refractivity contribution in [3.63, 3.8) is 0 Å². The topological polar surface area (TPSA) is 101 Å². The molecule has 0 saturated heterocycles. The van der Waals surface area contributed by atoms with Gasteiger partial charge in [-0.1, -0.05) is 12.1 Å². The van der Waals surface area contributed by atoms with Crippen LogP contribution in [0.3, 0.4) is 0 Å². The molecule has 0 aromatic heterocycles. The Morgan fingerprint density at radius 2 is 1.83 bits per heavy atom. The van der Waals surface area contributed by atoms with Gasteiger partial charge in [-0.05, 0) is 37.8 Å². The molecule has 1 aliphatic carbocycles. The highest BCUT2D eigenvalue weighted by Crippen LogP contribution is 2.17. The number of nitrogens with two attached hydrogens (primary N) is 1. The maximum atomic E-state index is 13.5. The van der Waals surface area contributed by atoms with Crippen molar-refractivity contribution < 1.29 is 17.6 Å². The van der Waals surface area contributed by atoms with E-state index in [0.29, 0.717) is 0 Å². The van der Waals surface area contributed by atoms with Crippen LogP contribution in [0.15, 0.2) is 29.2 Å². The van der Waals surface area contributed by atoms with Crippen LogP contribution in [0.2, 0.25) is 0 Å². The lowest BCUT2D eigenvalue weighted by Gasteiger charge is -2.26. The van der Waals surface area contributed by atoms with E-state index in [1.807, 2.05) is 0 Å². The summed E-state index contributed by atoms with van der Waals surface area (Å²) in [5.41, 5.74) is 5.80. The largest absolute Gasteiger partial charge is 0.353 e. The van der Waals surface area contributed by atoms with Gasteiger partial charge in [-0.3, -0.25) is 4.79 Å². The number of hydrogen-bond donors (Lipinski definition) is 3. The highest BCUT2D eigenvalue weighted by Gasteiger charge is 2.21. The number of rotatable bonds is 6. The first-order valence-electron chi connectivity index (χ1n) is 7.67. The molecule has 1 fully saturated rings. The molecule has 24 heavy (non-hydrogen) atoms. The number of amides is 1. The maximum absolute atomic E-state index is 13.5. The van der Waals surface area contributed by atoms with E-state index in [-0.39, 0.29) is 43.4 Å².